The van der Waals surface area contributed by atoms with Gasteiger partial charge in [-0.25, -0.2) is 0 Å². The predicted octanol–water partition coefficient (Wildman–Crippen LogP) is -9.27. The third-order valence-electron chi connectivity index (χ3n) is 0.689. The van der Waals surface area contributed by atoms with Crippen LogP contribution in [0.2, 0.25) is 0 Å². The fourth-order valence-electron chi connectivity index (χ4n) is 0.263. The van der Waals surface area contributed by atoms with Crippen molar-refractivity contribution >= 4 is 11.9 Å². The van der Waals surface area contributed by atoms with E-state index in [0.717, 1.165) is 0 Å². The summed E-state index contributed by atoms with van der Waals surface area (Å²) in [5.74, 6) is -3.08. The predicted molar refractivity (Wildman–Crippen MR) is 33.4 cm³/mol. The van der Waals surface area contributed by atoms with Gasteiger partial charge < -0.3 is 42.0 Å². The molecule has 0 radical (unpaired) electrons. The molecule has 0 aromatic carbocycles. The van der Waals surface area contributed by atoms with Gasteiger partial charge in [0.1, 0.15) is 0 Å². The van der Waals surface area contributed by atoms with E-state index in [-0.39, 0.29) is 67.8 Å². The maximum Gasteiger partial charge on any atom is 1.00 e. The van der Waals surface area contributed by atoms with E-state index in [1.165, 1.54) is 0 Å². The number of carbonyl (C=O) groups excluding carboxylic acids is 2. The largest absolute Gasteiger partial charge is 1.00 e. The maximum atomic E-state index is 9.71. The molecule has 0 aromatic rings. The molecule has 0 bridgehead atoms. The Morgan fingerprint density at radius 3 is 1.54 bits per heavy atom. The normalized spacial score (nSPS) is 8.69. The van der Waals surface area contributed by atoms with Crippen molar-refractivity contribution < 1.29 is 87.6 Å². The van der Waals surface area contributed by atoms with Crippen molar-refractivity contribution in [1.82, 2.24) is 0 Å². The zero-order valence-corrected chi connectivity index (χ0v) is 10.1. The van der Waals surface area contributed by atoms with Crippen LogP contribution in [0.25, 0.3) is 0 Å². The Morgan fingerprint density at radius 1 is 1.15 bits per heavy atom. The molecule has 0 spiro atoms. The van der Waals surface area contributed by atoms with Crippen molar-refractivity contribution in [3.8, 4) is 0 Å². The van der Waals surface area contributed by atoms with Gasteiger partial charge in [-0.2, -0.15) is 0 Å². The number of carbonyl (C=O) groups is 2. The van der Waals surface area contributed by atoms with Crippen molar-refractivity contribution in [2.45, 2.75) is 12.5 Å². The van der Waals surface area contributed by atoms with Gasteiger partial charge in [-0.3, -0.25) is 0 Å². The fourth-order valence-corrected chi connectivity index (χ4v) is 0.263. The molecule has 9 heteroatoms. The van der Waals surface area contributed by atoms with Gasteiger partial charge in [0.05, 0.1) is 5.97 Å². The molecule has 0 aromatic heterocycles. The molecular formula is C4H11KNO7-. The molecule has 0 aliphatic carbocycles. The molecule has 0 aliphatic heterocycles. The summed E-state index contributed by atoms with van der Waals surface area (Å²) in [7, 11) is 0. The Labute approximate surface area is 116 Å². The van der Waals surface area contributed by atoms with Gasteiger partial charge in [0.25, 0.3) is 0 Å². The third-order valence-corrected chi connectivity index (χ3v) is 0.689. The van der Waals surface area contributed by atoms with E-state index in [1.807, 2.05) is 0 Å². The molecule has 1 atom stereocenters. The van der Waals surface area contributed by atoms with Gasteiger partial charge >= 0.3 is 51.4 Å². The van der Waals surface area contributed by atoms with E-state index in [0.29, 0.717) is 0 Å². The molecule has 0 amide bonds. The molecule has 0 heterocycles. The van der Waals surface area contributed by atoms with E-state index >= 15 is 0 Å². The minimum absolute atomic E-state index is 0. The van der Waals surface area contributed by atoms with Gasteiger partial charge in [0, 0.05) is 18.4 Å². The number of rotatable bonds is 3. The molecule has 13 heavy (non-hydrogen) atoms. The van der Waals surface area contributed by atoms with Crippen LogP contribution >= 0.6 is 0 Å². The van der Waals surface area contributed by atoms with Crippen LogP contribution in [-0.2, 0) is 9.59 Å². The summed E-state index contributed by atoms with van der Waals surface area (Å²) < 4.78 is 0. The number of carboxylic acid groups (broad SMARTS) is 2. The summed E-state index contributed by atoms with van der Waals surface area (Å²) >= 11 is 0. The monoisotopic (exact) mass is 224 g/mol. The average molecular weight is 224 g/mol. The number of hydrogen-bond acceptors (Lipinski definition) is 5. The Bertz CT molecular complexity index is 140. The third kappa shape index (κ3) is 19.0. The summed E-state index contributed by atoms with van der Waals surface area (Å²) in [5.41, 5.74) is 4.73. The Hall–Kier alpha value is 0.416. The first-order valence-electron chi connectivity index (χ1n) is 2.20. The van der Waals surface area contributed by atoms with Crippen LogP contribution in [0.5, 0.6) is 0 Å². The fraction of sp³-hybridized carbons (Fsp3) is 0.500. The first-order chi connectivity index (χ1) is 4.04. The number of carboxylic acids is 2. The van der Waals surface area contributed by atoms with Crippen LogP contribution in [-0.4, -0.2) is 34.4 Å². The second-order valence-electron chi connectivity index (χ2n) is 1.50. The summed E-state index contributed by atoms with van der Waals surface area (Å²) in [6.07, 6.45) is -0.706. The Kier molecular flexibility index (Phi) is 33.5. The van der Waals surface area contributed by atoms with Gasteiger partial charge in [-0.15, -0.1) is 0 Å². The second-order valence-corrected chi connectivity index (χ2v) is 1.50. The maximum absolute atomic E-state index is 9.71. The Morgan fingerprint density at radius 2 is 1.46 bits per heavy atom. The van der Waals surface area contributed by atoms with Crippen molar-refractivity contribution in [3.05, 3.63) is 0 Å². The first-order valence-corrected chi connectivity index (χ1v) is 2.20. The van der Waals surface area contributed by atoms with Crippen molar-refractivity contribution in [3.63, 3.8) is 0 Å². The molecule has 8 nitrogen and oxygen atoms in total. The van der Waals surface area contributed by atoms with E-state index in [2.05, 4.69) is 0 Å². The quantitative estimate of drug-likeness (QED) is 0.462. The van der Waals surface area contributed by atoms with Gasteiger partial charge in [0.15, 0.2) is 0 Å². The molecule has 0 fully saturated rings. The van der Waals surface area contributed by atoms with Crippen LogP contribution in [0.15, 0.2) is 0 Å². The van der Waals surface area contributed by atoms with E-state index in [1.54, 1.807) is 0 Å². The summed E-state index contributed by atoms with van der Waals surface area (Å²) in [6.45, 7) is 0. The van der Waals surface area contributed by atoms with E-state index in [4.69, 9.17) is 5.73 Å². The molecular weight excluding hydrogens is 213 g/mol. The van der Waals surface area contributed by atoms with Gasteiger partial charge in [0.2, 0.25) is 0 Å². The van der Waals surface area contributed by atoms with Gasteiger partial charge in [-0.1, -0.05) is 0 Å². The molecule has 0 saturated carbocycles. The van der Waals surface area contributed by atoms with Crippen LogP contribution in [0.3, 0.4) is 0 Å². The van der Waals surface area contributed by atoms with Crippen molar-refractivity contribution in [1.29, 1.82) is 0 Å². The standard InChI is InChI=1S/C4H7NO4.K.3H2O/c5-2(4(8)9)1-3(6)7;;;;/h2H,1,5H2,(H,6,7)(H,8,9);;3*1H2/q;+1;;;/p-2. The second kappa shape index (κ2) is 14.9. The number of aliphatic carboxylic acids is 2. The molecule has 0 rings (SSSR count). The Balaban J connectivity index is -0.0000000533. The summed E-state index contributed by atoms with van der Waals surface area (Å²) in [4.78, 5) is 19.3. The minimum atomic E-state index is -1.58. The molecule has 0 aliphatic rings. The van der Waals surface area contributed by atoms with E-state index < -0.39 is 24.4 Å². The SMILES string of the molecule is NC(CC(=O)[O-])C(=O)[O-].O.O.O.[K+]. The van der Waals surface area contributed by atoms with Gasteiger partial charge in [-0.05, 0) is 0 Å². The van der Waals surface area contributed by atoms with Crippen molar-refractivity contribution in [2.75, 3.05) is 0 Å². The zero-order valence-electron chi connectivity index (χ0n) is 6.99. The van der Waals surface area contributed by atoms with Crippen LogP contribution in [0.1, 0.15) is 6.42 Å². The molecule has 8 N–H and O–H groups in total. The smallest absolute Gasteiger partial charge is 0.550 e. The summed E-state index contributed by atoms with van der Waals surface area (Å²) in [5, 5.41) is 19.3. The molecule has 0 saturated heterocycles. The number of hydrogen-bond donors (Lipinski definition) is 1. The zero-order chi connectivity index (χ0) is 7.44. The minimum Gasteiger partial charge on any atom is -0.550 e. The summed E-state index contributed by atoms with van der Waals surface area (Å²) in [6, 6.07) is -1.46. The average Bonchev–Trinajstić information content (AvgIpc) is 1.63. The first kappa shape index (κ1) is 29.2. The van der Waals surface area contributed by atoms with Crippen LogP contribution in [0.4, 0.5) is 0 Å². The van der Waals surface area contributed by atoms with Crippen LogP contribution < -0.4 is 67.3 Å². The van der Waals surface area contributed by atoms with E-state index in [9.17, 15) is 19.8 Å². The topological polar surface area (TPSA) is 201 Å². The van der Waals surface area contributed by atoms with Crippen molar-refractivity contribution in [2.24, 2.45) is 5.73 Å². The molecule has 1 unspecified atom stereocenters. The molecule has 76 valence electrons. The van der Waals surface area contributed by atoms with Crippen LogP contribution in [0, 0.1) is 0 Å². The number of nitrogens with two attached hydrogens (primary N) is 1.